The van der Waals surface area contributed by atoms with E-state index in [9.17, 15) is 0 Å². The summed E-state index contributed by atoms with van der Waals surface area (Å²) in [7, 11) is 0. The molecule has 0 amide bonds. The topological polar surface area (TPSA) is 37.8 Å². The lowest BCUT2D eigenvalue weighted by atomic mass is 9.97. The number of hydrogen-bond donors (Lipinski definition) is 1. The molecular weight excluding hydrogens is 266 g/mol. The molecule has 1 saturated carbocycles. The van der Waals surface area contributed by atoms with Gasteiger partial charge in [-0.05, 0) is 18.9 Å². The number of nitrogens with zero attached hydrogens (tertiary/aromatic N) is 2. The molecular formula is C16H21N3S. The molecule has 0 radical (unpaired) electrons. The van der Waals surface area contributed by atoms with Crippen LogP contribution in [-0.2, 0) is 0 Å². The predicted molar refractivity (Wildman–Crippen MR) is 87.2 cm³/mol. The standard InChI is InChI=1S/C16H21N3S/c1-2-13-10-14-15(17-11-18-16(14)20-13)19-12-8-6-4-3-5-7-9-12/h2,10-12H,1,3-9H2,(H,17,18,19). The molecule has 3 nitrogen and oxygen atoms in total. The molecule has 106 valence electrons. The highest BCUT2D eigenvalue weighted by atomic mass is 32.1. The summed E-state index contributed by atoms with van der Waals surface area (Å²) in [6.07, 6.45) is 12.8. The van der Waals surface area contributed by atoms with Crippen LogP contribution in [0.25, 0.3) is 16.3 Å². The number of fused-ring (bicyclic) bond motifs is 1. The van der Waals surface area contributed by atoms with Gasteiger partial charge in [-0.3, -0.25) is 0 Å². The molecule has 0 aromatic carbocycles. The van der Waals surface area contributed by atoms with Crippen LogP contribution in [0.3, 0.4) is 0 Å². The maximum atomic E-state index is 4.45. The number of anilines is 1. The van der Waals surface area contributed by atoms with Gasteiger partial charge in [0.15, 0.2) is 0 Å². The molecule has 0 atom stereocenters. The Bertz CT molecular complexity index is 582. The molecule has 0 spiro atoms. The Morgan fingerprint density at radius 3 is 2.65 bits per heavy atom. The van der Waals surface area contributed by atoms with Gasteiger partial charge in [-0.2, -0.15) is 0 Å². The third-order valence-corrected chi connectivity index (χ3v) is 5.03. The van der Waals surface area contributed by atoms with Crippen molar-refractivity contribution in [3.8, 4) is 0 Å². The molecule has 1 aliphatic carbocycles. The lowest BCUT2D eigenvalue weighted by Crippen LogP contribution is -2.21. The highest BCUT2D eigenvalue weighted by Gasteiger charge is 2.14. The summed E-state index contributed by atoms with van der Waals surface area (Å²) in [6.45, 7) is 3.84. The van der Waals surface area contributed by atoms with Gasteiger partial charge in [-0.15, -0.1) is 11.3 Å². The van der Waals surface area contributed by atoms with Gasteiger partial charge in [-0.1, -0.05) is 44.8 Å². The fourth-order valence-corrected chi connectivity index (χ4v) is 3.73. The van der Waals surface area contributed by atoms with Gasteiger partial charge in [-0.25, -0.2) is 9.97 Å². The smallest absolute Gasteiger partial charge is 0.138 e. The van der Waals surface area contributed by atoms with Crippen molar-refractivity contribution < 1.29 is 0 Å². The van der Waals surface area contributed by atoms with E-state index in [4.69, 9.17) is 0 Å². The van der Waals surface area contributed by atoms with Crippen molar-refractivity contribution in [2.75, 3.05) is 5.32 Å². The third-order valence-electron chi connectivity index (χ3n) is 4.00. The number of hydrogen-bond acceptors (Lipinski definition) is 4. The molecule has 0 aliphatic heterocycles. The normalized spacial score (nSPS) is 17.6. The van der Waals surface area contributed by atoms with E-state index >= 15 is 0 Å². The predicted octanol–water partition coefficient (Wildman–Crippen LogP) is 4.86. The Morgan fingerprint density at radius 2 is 1.90 bits per heavy atom. The van der Waals surface area contributed by atoms with Crippen LogP contribution in [0.15, 0.2) is 19.0 Å². The molecule has 0 saturated heterocycles. The van der Waals surface area contributed by atoms with Crippen LogP contribution in [0.1, 0.15) is 49.8 Å². The highest BCUT2D eigenvalue weighted by molar-refractivity contribution is 7.19. The summed E-state index contributed by atoms with van der Waals surface area (Å²) in [6, 6.07) is 2.69. The van der Waals surface area contributed by atoms with E-state index in [1.165, 1.54) is 44.9 Å². The van der Waals surface area contributed by atoms with E-state index in [2.05, 4.69) is 27.9 Å². The second kappa shape index (κ2) is 6.35. The first-order valence-corrected chi connectivity index (χ1v) is 8.32. The molecule has 2 aromatic rings. The van der Waals surface area contributed by atoms with Crippen LogP contribution < -0.4 is 5.32 Å². The molecule has 2 heterocycles. The second-order valence-electron chi connectivity index (χ2n) is 5.48. The number of rotatable bonds is 3. The van der Waals surface area contributed by atoms with Crippen molar-refractivity contribution >= 4 is 33.4 Å². The Balaban J connectivity index is 1.81. The lowest BCUT2D eigenvalue weighted by Gasteiger charge is -2.21. The molecule has 3 rings (SSSR count). The molecule has 1 aliphatic rings. The number of thiophene rings is 1. The van der Waals surface area contributed by atoms with Crippen molar-refractivity contribution in [3.05, 3.63) is 23.8 Å². The quantitative estimate of drug-likeness (QED) is 0.876. The monoisotopic (exact) mass is 287 g/mol. The third kappa shape index (κ3) is 3.01. The van der Waals surface area contributed by atoms with Crippen molar-refractivity contribution in [1.82, 2.24) is 9.97 Å². The van der Waals surface area contributed by atoms with E-state index in [0.717, 1.165) is 20.9 Å². The number of nitrogens with one attached hydrogen (secondary N) is 1. The molecule has 1 fully saturated rings. The van der Waals surface area contributed by atoms with Crippen molar-refractivity contribution in [3.63, 3.8) is 0 Å². The van der Waals surface area contributed by atoms with Crippen molar-refractivity contribution in [1.29, 1.82) is 0 Å². The Hall–Kier alpha value is -1.42. The van der Waals surface area contributed by atoms with Gasteiger partial charge >= 0.3 is 0 Å². The SMILES string of the molecule is C=Cc1cc2c(NC3CCCCCCC3)ncnc2s1. The molecule has 4 heteroatoms. The fourth-order valence-electron chi connectivity index (χ4n) is 2.88. The van der Waals surface area contributed by atoms with Crippen LogP contribution in [0, 0.1) is 0 Å². The summed E-state index contributed by atoms with van der Waals surface area (Å²) in [5, 5.41) is 4.78. The van der Waals surface area contributed by atoms with E-state index in [0.29, 0.717) is 6.04 Å². The zero-order valence-corrected chi connectivity index (χ0v) is 12.6. The van der Waals surface area contributed by atoms with Gasteiger partial charge in [0.1, 0.15) is 17.0 Å². The van der Waals surface area contributed by atoms with Crippen LogP contribution in [-0.4, -0.2) is 16.0 Å². The second-order valence-corrected chi connectivity index (χ2v) is 6.54. The summed E-state index contributed by atoms with van der Waals surface area (Å²) < 4.78 is 0. The van der Waals surface area contributed by atoms with Crippen LogP contribution in [0.2, 0.25) is 0 Å². The molecule has 2 aromatic heterocycles. The maximum absolute atomic E-state index is 4.45. The van der Waals surface area contributed by atoms with E-state index in [1.54, 1.807) is 17.7 Å². The Kier molecular flexibility index (Phi) is 4.31. The minimum atomic E-state index is 0.556. The van der Waals surface area contributed by atoms with Gasteiger partial charge in [0, 0.05) is 10.9 Å². The molecule has 20 heavy (non-hydrogen) atoms. The van der Waals surface area contributed by atoms with Crippen molar-refractivity contribution in [2.45, 2.75) is 51.0 Å². The highest BCUT2D eigenvalue weighted by Crippen LogP contribution is 2.30. The summed E-state index contributed by atoms with van der Waals surface area (Å²) in [4.78, 5) is 11.0. The van der Waals surface area contributed by atoms with Gasteiger partial charge in [0.2, 0.25) is 0 Å². The first-order chi connectivity index (χ1) is 9.86. The Labute approximate surface area is 124 Å². The summed E-state index contributed by atoms with van der Waals surface area (Å²) in [5.41, 5.74) is 0. The van der Waals surface area contributed by atoms with Gasteiger partial charge in [0.05, 0.1) is 5.39 Å². The van der Waals surface area contributed by atoms with E-state index in [1.807, 2.05) is 6.08 Å². The van der Waals surface area contributed by atoms with Crippen LogP contribution in [0.5, 0.6) is 0 Å². The first-order valence-electron chi connectivity index (χ1n) is 7.50. The van der Waals surface area contributed by atoms with Gasteiger partial charge in [0.25, 0.3) is 0 Å². The van der Waals surface area contributed by atoms with E-state index in [-0.39, 0.29) is 0 Å². The first kappa shape index (κ1) is 13.6. The molecule has 0 bridgehead atoms. The maximum Gasteiger partial charge on any atom is 0.138 e. The summed E-state index contributed by atoms with van der Waals surface area (Å²) >= 11 is 1.67. The largest absolute Gasteiger partial charge is 0.367 e. The minimum absolute atomic E-state index is 0.556. The van der Waals surface area contributed by atoms with Gasteiger partial charge < -0.3 is 5.32 Å². The number of aromatic nitrogens is 2. The average molecular weight is 287 g/mol. The van der Waals surface area contributed by atoms with Crippen molar-refractivity contribution in [2.24, 2.45) is 0 Å². The zero-order chi connectivity index (χ0) is 13.8. The van der Waals surface area contributed by atoms with Crippen LogP contribution >= 0.6 is 11.3 Å². The van der Waals surface area contributed by atoms with E-state index < -0.39 is 0 Å². The fraction of sp³-hybridized carbons (Fsp3) is 0.500. The Morgan fingerprint density at radius 1 is 1.15 bits per heavy atom. The molecule has 1 N–H and O–H groups in total. The summed E-state index contributed by atoms with van der Waals surface area (Å²) in [5.74, 6) is 0.991. The average Bonchev–Trinajstić information content (AvgIpc) is 2.85. The molecule has 0 unspecified atom stereocenters. The lowest BCUT2D eigenvalue weighted by molar-refractivity contribution is 0.471. The minimum Gasteiger partial charge on any atom is -0.367 e. The zero-order valence-electron chi connectivity index (χ0n) is 11.8. The van der Waals surface area contributed by atoms with Crippen LogP contribution in [0.4, 0.5) is 5.82 Å².